The van der Waals surface area contributed by atoms with E-state index in [9.17, 15) is 14.7 Å². The monoisotopic (exact) mass is 202 g/mol. The molecule has 14 heavy (non-hydrogen) atoms. The number of amides is 1. The minimum atomic E-state index is -1.10. The molecule has 0 saturated carbocycles. The number of likely N-dealkylation sites (tertiary alicyclic amines) is 1. The first-order valence-electron chi connectivity index (χ1n) is 4.40. The highest BCUT2D eigenvalue weighted by Crippen LogP contribution is 2.18. The summed E-state index contributed by atoms with van der Waals surface area (Å²) in [5.41, 5.74) is 5.36. The molecule has 0 spiro atoms. The third kappa shape index (κ3) is 2.02. The highest BCUT2D eigenvalue weighted by Gasteiger charge is 2.39. The average molecular weight is 202 g/mol. The number of nitrogens with two attached hydrogens (primary N) is 1. The lowest BCUT2D eigenvalue weighted by molar-refractivity contribution is -0.148. The maximum Gasteiger partial charge on any atom is 0.326 e. The highest BCUT2D eigenvalue weighted by atomic mass is 16.4. The molecule has 6 nitrogen and oxygen atoms in total. The first kappa shape index (κ1) is 10.9. The van der Waals surface area contributed by atoms with Gasteiger partial charge in [0.2, 0.25) is 5.91 Å². The van der Waals surface area contributed by atoms with Gasteiger partial charge in [-0.3, -0.25) is 4.79 Å². The van der Waals surface area contributed by atoms with Crippen molar-refractivity contribution < 1.29 is 19.8 Å². The average Bonchev–Trinajstić information content (AvgIpc) is 2.45. The molecule has 4 N–H and O–H groups in total. The number of aliphatic carboxylic acids is 1. The summed E-state index contributed by atoms with van der Waals surface area (Å²) >= 11 is 0. The third-order valence-corrected chi connectivity index (χ3v) is 2.24. The van der Waals surface area contributed by atoms with Gasteiger partial charge in [0.1, 0.15) is 6.04 Å². The number of β-amino-alcohol motifs (C(OH)–C–C–N with tert-alkyl or cyclic N) is 1. The van der Waals surface area contributed by atoms with Crippen LogP contribution in [0.15, 0.2) is 0 Å². The van der Waals surface area contributed by atoms with Crippen LogP contribution >= 0.6 is 0 Å². The van der Waals surface area contributed by atoms with Crippen LogP contribution in [0, 0.1) is 0 Å². The fourth-order valence-corrected chi connectivity index (χ4v) is 1.55. The van der Waals surface area contributed by atoms with Gasteiger partial charge in [0.15, 0.2) is 0 Å². The summed E-state index contributed by atoms with van der Waals surface area (Å²) in [4.78, 5) is 23.3. The molecule has 1 rings (SSSR count). The maximum absolute atomic E-state index is 11.4. The number of hydrogen-bond acceptors (Lipinski definition) is 4. The summed E-state index contributed by atoms with van der Waals surface area (Å²) in [5.74, 6) is -1.54. The molecule has 1 aliphatic heterocycles. The Morgan fingerprint density at radius 2 is 2.14 bits per heavy atom. The zero-order valence-corrected chi connectivity index (χ0v) is 7.88. The Morgan fingerprint density at radius 1 is 1.57 bits per heavy atom. The third-order valence-electron chi connectivity index (χ3n) is 2.24. The van der Waals surface area contributed by atoms with Crippen molar-refractivity contribution >= 4 is 11.9 Å². The molecule has 1 fully saturated rings. The zero-order valence-electron chi connectivity index (χ0n) is 7.88. The van der Waals surface area contributed by atoms with Gasteiger partial charge < -0.3 is 20.8 Å². The zero-order chi connectivity index (χ0) is 10.9. The topological polar surface area (TPSA) is 104 Å². The minimum absolute atomic E-state index is 0.0529. The highest BCUT2D eigenvalue weighted by molar-refractivity contribution is 5.87. The van der Waals surface area contributed by atoms with Crippen molar-refractivity contribution in [1.29, 1.82) is 0 Å². The fraction of sp³-hybridized carbons (Fsp3) is 0.750. The number of carbonyl (C=O) groups is 2. The summed E-state index contributed by atoms with van der Waals surface area (Å²) in [6.45, 7) is 1.54. The van der Waals surface area contributed by atoms with E-state index in [1.54, 1.807) is 0 Å². The first-order chi connectivity index (χ1) is 6.43. The van der Waals surface area contributed by atoms with Crippen molar-refractivity contribution in [2.45, 2.75) is 31.5 Å². The second-order valence-electron chi connectivity index (χ2n) is 3.52. The normalized spacial score (nSPS) is 28.9. The number of aliphatic hydroxyl groups excluding tert-OH is 1. The molecule has 0 aromatic carbocycles. The number of rotatable bonds is 2. The van der Waals surface area contributed by atoms with Crippen molar-refractivity contribution in [2.75, 3.05) is 6.54 Å². The number of carboxylic acids is 1. The van der Waals surface area contributed by atoms with Gasteiger partial charge in [-0.05, 0) is 6.92 Å². The quantitative estimate of drug-likeness (QED) is 0.499. The number of aliphatic hydroxyl groups is 1. The van der Waals surface area contributed by atoms with E-state index >= 15 is 0 Å². The van der Waals surface area contributed by atoms with Gasteiger partial charge >= 0.3 is 5.97 Å². The van der Waals surface area contributed by atoms with Crippen molar-refractivity contribution in [3.8, 4) is 0 Å². The van der Waals surface area contributed by atoms with Crippen LogP contribution in [0.3, 0.4) is 0 Å². The van der Waals surface area contributed by atoms with Crippen molar-refractivity contribution in [2.24, 2.45) is 5.73 Å². The molecule has 3 atom stereocenters. The van der Waals surface area contributed by atoms with E-state index in [0.717, 1.165) is 4.90 Å². The molecular weight excluding hydrogens is 188 g/mol. The van der Waals surface area contributed by atoms with Crippen LogP contribution in [0.4, 0.5) is 0 Å². The van der Waals surface area contributed by atoms with Gasteiger partial charge in [0.25, 0.3) is 0 Å². The van der Waals surface area contributed by atoms with Crippen molar-refractivity contribution in [3.05, 3.63) is 0 Å². The van der Waals surface area contributed by atoms with Gasteiger partial charge in [-0.1, -0.05) is 0 Å². The lowest BCUT2D eigenvalue weighted by Gasteiger charge is -2.22. The molecule has 0 bridgehead atoms. The Bertz CT molecular complexity index is 254. The fourth-order valence-electron chi connectivity index (χ4n) is 1.55. The molecule has 2 unspecified atom stereocenters. The summed E-state index contributed by atoms with van der Waals surface area (Å²) in [5, 5.41) is 18.0. The van der Waals surface area contributed by atoms with Crippen LogP contribution < -0.4 is 5.73 Å². The second kappa shape index (κ2) is 3.93. The van der Waals surface area contributed by atoms with E-state index < -0.39 is 30.1 Å². The van der Waals surface area contributed by atoms with Gasteiger partial charge in [-0.2, -0.15) is 0 Å². The molecule has 0 radical (unpaired) electrons. The van der Waals surface area contributed by atoms with Crippen LogP contribution in [0.25, 0.3) is 0 Å². The molecule has 0 aromatic rings. The minimum Gasteiger partial charge on any atom is -0.480 e. The number of carboxylic acid groups (broad SMARTS) is 1. The molecule has 0 aliphatic carbocycles. The van der Waals surface area contributed by atoms with Crippen LogP contribution in [0.2, 0.25) is 0 Å². The molecule has 1 amide bonds. The van der Waals surface area contributed by atoms with Crippen LogP contribution in [0.5, 0.6) is 0 Å². The number of nitrogens with zero attached hydrogens (tertiary/aromatic N) is 1. The van der Waals surface area contributed by atoms with E-state index in [1.807, 2.05) is 0 Å². The summed E-state index contributed by atoms with van der Waals surface area (Å²) in [7, 11) is 0. The van der Waals surface area contributed by atoms with Gasteiger partial charge in [0.05, 0.1) is 12.1 Å². The predicted molar refractivity (Wildman–Crippen MR) is 47.4 cm³/mol. The molecule has 1 aliphatic rings. The SMILES string of the molecule is CC(N)C(=O)N1CC(O)C[C@H]1C(=O)O. The maximum atomic E-state index is 11.4. The standard InChI is InChI=1S/C8H14N2O4/c1-4(9)7(12)10-3-5(11)2-6(10)8(13)14/h4-6,11H,2-3,9H2,1H3,(H,13,14)/t4?,5?,6-/m0/s1. The molecule has 0 aromatic heterocycles. The second-order valence-corrected chi connectivity index (χ2v) is 3.52. The van der Waals surface area contributed by atoms with Gasteiger partial charge in [-0.25, -0.2) is 4.79 Å². The van der Waals surface area contributed by atoms with Gasteiger partial charge in [0, 0.05) is 13.0 Å². The molecule has 1 heterocycles. The number of hydrogen-bond donors (Lipinski definition) is 3. The smallest absolute Gasteiger partial charge is 0.326 e. The summed E-state index contributed by atoms with van der Waals surface area (Å²) < 4.78 is 0. The van der Waals surface area contributed by atoms with E-state index in [0.29, 0.717) is 0 Å². The largest absolute Gasteiger partial charge is 0.480 e. The van der Waals surface area contributed by atoms with Crippen molar-refractivity contribution in [3.63, 3.8) is 0 Å². The Balaban J connectivity index is 2.76. The Kier molecular flexibility index (Phi) is 3.07. The molecule has 6 heteroatoms. The Labute approximate surface area is 81.3 Å². The molecular formula is C8H14N2O4. The van der Waals surface area contributed by atoms with Crippen LogP contribution in [-0.4, -0.2) is 51.7 Å². The summed E-state index contributed by atoms with van der Waals surface area (Å²) in [6, 6.07) is -1.68. The predicted octanol–water partition coefficient (Wildman–Crippen LogP) is -1.62. The van der Waals surface area contributed by atoms with Crippen molar-refractivity contribution in [1.82, 2.24) is 4.90 Å². The molecule has 80 valence electrons. The Morgan fingerprint density at radius 3 is 2.57 bits per heavy atom. The van der Waals surface area contributed by atoms with E-state index in [1.165, 1.54) is 6.92 Å². The first-order valence-corrected chi connectivity index (χ1v) is 4.40. The van der Waals surface area contributed by atoms with E-state index in [4.69, 9.17) is 10.8 Å². The lowest BCUT2D eigenvalue weighted by Crippen LogP contribution is -2.47. The number of carbonyl (C=O) groups excluding carboxylic acids is 1. The van der Waals surface area contributed by atoms with Crippen LogP contribution in [0.1, 0.15) is 13.3 Å². The van der Waals surface area contributed by atoms with Gasteiger partial charge in [-0.15, -0.1) is 0 Å². The van der Waals surface area contributed by atoms with E-state index in [2.05, 4.69) is 0 Å². The summed E-state index contributed by atoms with van der Waals surface area (Å²) in [6.07, 6.45) is -0.688. The molecule has 1 saturated heterocycles. The van der Waals surface area contributed by atoms with Crippen LogP contribution in [-0.2, 0) is 9.59 Å². The van der Waals surface area contributed by atoms with E-state index in [-0.39, 0.29) is 13.0 Å². The Hall–Kier alpha value is -1.14. The lowest BCUT2D eigenvalue weighted by atomic mass is 10.2.